The van der Waals surface area contributed by atoms with Crippen LogP contribution in [0.1, 0.15) is 11.1 Å². The Hall–Kier alpha value is -2.83. The second-order valence-electron chi connectivity index (χ2n) is 6.76. The summed E-state index contributed by atoms with van der Waals surface area (Å²) in [7, 11) is 0. The number of fused-ring (bicyclic) bond motifs is 3. The SMILES string of the molecule is Clc1ccc2c(c1)-c1c(cccc1-c1ccc(-c3ccccc3)cc1)C2. The fourth-order valence-electron chi connectivity index (χ4n) is 3.92. The molecule has 0 N–H and O–H groups in total. The average molecular weight is 353 g/mol. The Balaban J connectivity index is 1.62. The van der Waals surface area contributed by atoms with Gasteiger partial charge in [-0.05, 0) is 63.1 Å². The number of hydrogen-bond donors (Lipinski definition) is 0. The molecule has 0 aromatic heterocycles. The third-order valence-electron chi connectivity index (χ3n) is 5.18. The molecule has 1 aliphatic carbocycles. The molecular weight excluding hydrogens is 336 g/mol. The summed E-state index contributed by atoms with van der Waals surface area (Å²) in [5.74, 6) is 0. The summed E-state index contributed by atoms with van der Waals surface area (Å²) in [6.45, 7) is 0. The maximum atomic E-state index is 6.28. The van der Waals surface area contributed by atoms with E-state index in [2.05, 4.69) is 78.9 Å². The number of halogens is 1. The van der Waals surface area contributed by atoms with Crippen LogP contribution in [0.3, 0.4) is 0 Å². The zero-order chi connectivity index (χ0) is 17.5. The average Bonchev–Trinajstić information content (AvgIpc) is 3.07. The quantitative estimate of drug-likeness (QED) is 0.314. The lowest BCUT2D eigenvalue weighted by Crippen LogP contribution is -1.86. The second-order valence-corrected chi connectivity index (χ2v) is 7.20. The number of rotatable bonds is 2. The zero-order valence-electron chi connectivity index (χ0n) is 14.2. The fourth-order valence-corrected chi connectivity index (χ4v) is 4.09. The molecule has 0 atom stereocenters. The van der Waals surface area contributed by atoms with Gasteiger partial charge >= 0.3 is 0 Å². The van der Waals surface area contributed by atoms with Crippen LogP contribution in [-0.4, -0.2) is 0 Å². The van der Waals surface area contributed by atoms with E-state index in [1.807, 2.05) is 12.1 Å². The van der Waals surface area contributed by atoms with E-state index in [-0.39, 0.29) is 0 Å². The van der Waals surface area contributed by atoms with Crippen LogP contribution in [0.4, 0.5) is 0 Å². The van der Waals surface area contributed by atoms with Crippen LogP contribution in [0.2, 0.25) is 5.02 Å². The van der Waals surface area contributed by atoms with Crippen LogP contribution in [0.25, 0.3) is 33.4 Å². The Kier molecular flexibility index (Phi) is 3.65. The van der Waals surface area contributed by atoms with Crippen molar-refractivity contribution in [2.45, 2.75) is 6.42 Å². The summed E-state index contributed by atoms with van der Waals surface area (Å²) in [4.78, 5) is 0. The van der Waals surface area contributed by atoms with Gasteiger partial charge in [0.15, 0.2) is 0 Å². The van der Waals surface area contributed by atoms with E-state index in [9.17, 15) is 0 Å². The maximum absolute atomic E-state index is 6.28. The van der Waals surface area contributed by atoms with Gasteiger partial charge in [0, 0.05) is 5.02 Å². The number of benzene rings is 4. The van der Waals surface area contributed by atoms with Crippen LogP contribution in [0, 0.1) is 0 Å². The van der Waals surface area contributed by atoms with Gasteiger partial charge in [-0.25, -0.2) is 0 Å². The van der Waals surface area contributed by atoms with Crippen molar-refractivity contribution < 1.29 is 0 Å². The topological polar surface area (TPSA) is 0 Å². The molecule has 4 aromatic rings. The van der Waals surface area contributed by atoms with Crippen molar-refractivity contribution >= 4 is 11.6 Å². The van der Waals surface area contributed by atoms with Crippen molar-refractivity contribution in [2.75, 3.05) is 0 Å². The van der Waals surface area contributed by atoms with Crippen LogP contribution >= 0.6 is 11.6 Å². The normalized spacial score (nSPS) is 11.9. The lowest BCUT2D eigenvalue weighted by atomic mass is 9.93. The first-order chi connectivity index (χ1) is 12.8. The Labute approximate surface area is 158 Å². The highest BCUT2D eigenvalue weighted by Gasteiger charge is 2.22. The van der Waals surface area contributed by atoms with E-state index in [1.165, 1.54) is 44.5 Å². The molecule has 0 amide bonds. The van der Waals surface area contributed by atoms with Crippen LogP contribution < -0.4 is 0 Å². The Morgan fingerprint density at radius 2 is 1.27 bits per heavy atom. The molecule has 0 radical (unpaired) electrons. The van der Waals surface area contributed by atoms with E-state index in [0.29, 0.717) is 0 Å². The summed E-state index contributed by atoms with van der Waals surface area (Å²) in [6.07, 6.45) is 0.984. The van der Waals surface area contributed by atoms with Gasteiger partial charge in [-0.3, -0.25) is 0 Å². The molecule has 4 aromatic carbocycles. The zero-order valence-corrected chi connectivity index (χ0v) is 15.0. The molecule has 0 bridgehead atoms. The van der Waals surface area contributed by atoms with Gasteiger partial charge in [0.2, 0.25) is 0 Å². The predicted octanol–water partition coefficient (Wildman–Crippen LogP) is 7.25. The standard InChI is InChI=1S/C25H17Cl/c26-22-14-13-20-15-21-7-4-8-23(25(21)24(20)16-22)19-11-9-18(10-12-19)17-5-2-1-3-6-17/h1-14,16H,15H2. The van der Waals surface area contributed by atoms with Crippen molar-refractivity contribution in [3.05, 3.63) is 107 Å². The molecule has 124 valence electrons. The van der Waals surface area contributed by atoms with E-state index < -0.39 is 0 Å². The van der Waals surface area contributed by atoms with E-state index >= 15 is 0 Å². The van der Waals surface area contributed by atoms with Crippen LogP contribution in [-0.2, 0) is 6.42 Å². The van der Waals surface area contributed by atoms with Gasteiger partial charge in [0.1, 0.15) is 0 Å². The minimum absolute atomic E-state index is 0.797. The molecule has 0 aliphatic heterocycles. The lowest BCUT2D eigenvalue weighted by molar-refractivity contribution is 1.26. The van der Waals surface area contributed by atoms with Crippen molar-refractivity contribution in [3.63, 3.8) is 0 Å². The molecule has 0 heterocycles. The smallest absolute Gasteiger partial charge is 0.0412 e. The van der Waals surface area contributed by atoms with Gasteiger partial charge in [-0.1, -0.05) is 90.5 Å². The van der Waals surface area contributed by atoms with Gasteiger partial charge in [0.25, 0.3) is 0 Å². The highest BCUT2D eigenvalue weighted by atomic mass is 35.5. The van der Waals surface area contributed by atoms with Gasteiger partial charge in [-0.2, -0.15) is 0 Å². The highest BCUT2D eigenvalue weighted by molar-refractivity contribution is 6.31. The molecule has 0 unspecified atom stereocenters. The third kappa shape index (κ3) is 2.55. The monoisotopic (exact) mass is 352 g/mol. The van der Waals surface area contributed by atoms with Crippen molar-refractivity contribution in [2.24, 2.45) is 0 Å². The van der Waals surface area contributed by atoms with E-state index in [0.717, 1.165) is 11.4 Å². The van der Waals surface area contributed by atoms with E-state index in [1.54, 1.807) is 0 Å². The first-order valence-electron chi connectivity index (χ1n) is 8.86. The second kappa shape index (κ2) is 6.16. The predicted molar refractivity (Wildman–Crippen MR) is 111 cm³/mol. The molecule has 1 aliphatic rings. The highest BCUT2D eigenvalue weighted by Crippen LogP contribution is 2.44. The van der Waals surface area contributed by atoms with Crippen molar-refractivity contribution in [1.82, 2.24) is 0 Å². The fraction of sp³-hybridized carbons (Fsp3) is 0.0400. The Morgan fingerprint density at radius 1 is 0.538 bits per heavy atom. The Bertz CT molecular complexity index is 1090. The molecule has 0 saturated carbocycles. The van der Waals surface area contributed by atoms with Crippen LogP contribution in [0.15, 0.2) is 91.0 Å². The van der Waals surface area contributed by atoms with Crippen molar-refractivity contribution in [3.8, 4) is 33.4 Å². The molecule has 0 saturated heterocycles. The maximum Gasteiger partial charge on any atom is 0.0412 e. The van der Waals surface area contributed by atoms with Crippen molar-refractivity contribution in [1.29, 1.82) is 0 Å². The summed E-state index contributed by atoms with van der Waals surface area (Å²) >= 11 is 6.28. The summed E-state index contributed by atoms with van der Waals surface area (Å²) in [5, 5.41) is 0.797. The lowest BCUT2D eigenvalue weighted by Gasteiger charge is -2.11. The minimum Gasteiger partial charge on any atom is -0.0843 e. The van der Waals surface area contributed by atoms with E-state index in [4.69, 9.17) is 11.6 Å². The first kappa shape index (κ1) is 15.4. The Morgan fingerprint density at radius 3 is 2.08 bits per heavy atom. The molecule has 26 heavy (non-hydrogen) atoms. The summed E-state index contributed by atoms with van der Waals surface area (Å²) in [5.41, 5.74) is 10.4. The minimum atomic E-state index is 0.797. The van der Waals surface area contributed by atoms with Gasteiger partial charge in [-0.15, -0.1) is 0 Å². The van der Waals surface area contributed by atoms with Gasteiger partial charge in [0.05, 0.1) is 0 Å². The summed E-state index contributed by atoms with van der Waals surface area (Å²) in [6, 6.07) is 32.2. The van der Waals surface area contributed by atoms with Gasteiger partial charge < -0.3 is 0 Å². The number of hydrogen-bond acceptors (Lipinski definition) is 0. The molecule has 0 fully saturated rings. The molecule has 1 heteroatoms. The van der Waals surface area contributed by atoms with Crippen LogP contribution in [0.5, 0.6) is 0 Å². The molecule has 5 rings (SSSR count). The molecule has 0 spiro atoms. The largest absolute Gasteiger partial charge is 0.0843 e. The third-order valence-corrected chi connectivity index (χ3v) is 5.41. The first-order valence-corrected chi connectivity index (χ1v) is 9.24. The molecular formula is C25H17Cl. The molecule has 0 nitrogen and oxygen atoms in total. The summed E-state index contributed by atoms with van der Waals surface area (Å²) < 4.78 is 0.